The van der Waals surface area contributed by atoms with Crippen molar-refractivity contribution in [2.75, 3.05) is 28.4 Å². The van der Waals surface area contributed by atoms with Gasteiger partial charge in [0.05, 0.1) is 12.3 Å². The van der Waals surface area contributed by atoms with Crippen molar-refractivity contribution < 1.29 is 18.3 Å². The van der Waals surface area contributed by atoms with Crippen LogP contribution >= 0.6 is 0 Å². The van der Waals surface area contributed by atoms with E-state index in [2.05, 4.69) is 15.3 Å². The lowest BCUT2D eigenvalue weighted by Crippen LogP contribution is -2.28. The summed E-state index contributed by atoms with van der Waals surface area (Å²) in [6.45, 7) is 0.248. The average molecular weight is 518 g/mol. The predicted octanol–water partition coefficient (Wildman–Crippen LogP) is 5.22. The van der Waals surface area contributed by atoms with Gasteiger partial charge >= 0.3 is 6.09 Å². The average Bonchev–Trinajstić information content (AvgIpc) is 2.87. The van der Waals surface area contributed by atoms with Gasteiger partial charge < -0.3 is 15.3 Å². The predicted molar refractivity (Wildman–Crippen MR) is 145 cm³/mol. The number of carbonyl (C=O) groups is 1. The van der Waals surface area contributed by atoms with Gasteiger partial charge in [0.2, 0.25) is 5.95 Å². The molecule has 0 bridgehead atoms. The highest BCUT2D eigenvalue weighted by Gasteiger charge is 2.16. The third-order valence-corrected chi connectivity index (χ3v) is 6.42. The molecule has 1 amide bonds. The quantitative estimate of drug-likeness (QED) is 0.311. The van der Waals surface area contributed by atoms with E-state index in [0.717, 1.165) is 11.3 Å². The van der Waals surface area contributed by atoms with Crippen LogP contribution in [0.5, 0.6) is 0 Å². The Morgan fingerprint density at radius 1 is 0.919 bits per heavy atom. The van der Waals surface area contributed by atoms with E-state index in [4.69, 9.17) is 0 Å². The Morgan fingerprint density at radius 3 is 2.27 bits per heavy atom. The summed E-state index contributed by atoms with van der Waals surface area (Å²) in [5, 5.41) is 12.9. The number of aromatic nitrogens is 2. The number of hydrogen-bond donors (Lipinski definition) is 2. The van der Waals surface area contributed by atoms with Gasteiger partial charge in [0.15, 0.2) is 9.84 Å². The van der Waals surface area contributed by atoms with Gasteiger partial charge in [-0.05, 0) is 53.6 Å². The van der Waals surface area contributed by atoms with E-state index in [1.54, 1.807) is 42.6 Å². The fraction of sp³-hybridized carbons (Fsp3) is 0.148. The van der Waals surface area contributed by atoms with Gasteiger partial charge in [0.1, 0.15) is 5.82 Å². The molecule has 2 N–H and O–H groups in total. The lowest BCUT2D eigenvalue weighted by Gasteiger charge is -2.22. The largest absolute Gasteiger partial charge is 0.465 e. The zero-order chi connectivity index (χ0) is 26.4. The second-order valence-electron chi connectivity index (χ2n) is 8.56. The Morgan fingerprint density at radius 2 is 1.59 bits per heavy atom. The standard InChI is InChI=1S/C27H27N5O4S/c1-31(23-11-13-24(14-12-23)32(27(33)34)18-20-7-4-3-5-8-20)25-15-16-28-26(30-25)29-22-10-6-9-21(17-22)19-37(2,35)36/h3-17H,18-19H2,1-2H3,(H,33,34)(H,28,29,30). The van der Waals surface area contributed by atoms with Crippen molar-refractivity contribution >= 4 is 44.8 Å². The molecule has 10 heteroatoms. The molecule has 4 aromatic rings. The molecule has 3 aromatic carbocycles. The molecular weight excluding hydrogens is 490 g/mol. The molecular formula is C27H27N5O4S. The van der Waals surface area contributed by atoms with E-state index >= 15 is 0 Å². The van der Waals surface area contributed by atoms with Crippen LogP contribution in [-0.2, 0) is 22.1 Å². The molecule has 0 spiro atoms. The van der Waals surface area contributed by atoms with Crippen molar-refractivity contribution in [3.8, 4) is 0 Å². The van der Waals surface area contributed by atoms with Crippen LogP contribution in [-0.4, -0.2) is 42.9 Å². The zero-order valence-corrected chi connectivity index (χ0v) is 21.3. The van der Waals surface area contributed by atoms with E-state index in [-0.39, 0.29) is 12.3 Å². The second kappa shape index (κ2) is 11.1. The summed E-state index contributed by atoms with van der Waals surface area (Å²) >= 11 is 0. The Labute approximate surface area is 216 Å². The lowest BCUT2D eigenvalue weighted by molar-refractivity contribution is 0.201. The molecule has 0 aliphatic heterocycles. The van der Waals surface area contributed by atoms with Crippen LogP contribution in [0.3, 0.4) is 0 Å². The lowest BCUT2D eigenvalue weighted by atomic mass is 10.2. The minimum atomic E-state index is -3.15. The molecule has 0 aliphatic rings. The minimum absolute atomic E-state index is 0.0488. The van der Waals surface area contributed by atoms with Gasteiger partial charge in [0, 0.05) is 36.6 Å². The summed E-state index contributed by atoms with van der Waals surface area (Å²) in [7, 11) is -1.29. The summed E-state index contributed by atoms with van der Waals surface area (Å²) in [5.74, 6) is 0.932. The van der Waals surface area contributed by atoms with E-state index in [9.17, 15) is 18.3 Å². The third kappa shape index (κ3) is 7.05. The van der Waals surface area contributed by atoms with E-state index < -0.39 is 15.9 Å². The highest BCUT2D eigenvalue weighted by atomic mass is 32.2. The molecule has 0 fully saturated rings. The van der Waals surface area contributed by atoms with Gasteiger partial charge in [-0.2, -0.15) is 4.98 Å². The van der Waals surface area contributed by atoms with E-state index in [1.807, 2.05) is 60.5 Å². The summed E-state index contributed by atoms with van der Waals surface area (Å²) < 4.78 is 23.2. The Bertz CT molecular complexity index is 1480. The summed E-state index contributed by atoms with van der Waals surface area (Å²) in [6, 6.07) is 25.5. The van der Waals surface area contributed by atoms with Gasteiger partial charge in [-0.1, -0.05) is 42.5 Å². The molecule has 0 saturated carbocycles. The topological polar surface area (TPSA) is 116 Å². The van der Waals surface area contributed by atoms with Crippen molar-refractivity contribution in [1.29, 1.82) is 0 Å². The number of rotatable bonds is 9. The minimum Gasteiger partial charge on any atom is -0.465 e. The SMILES string of the molecule is CN(c1ccc(N(Cc2ccccc2)C(=O)O)cc1)c1ccnc(Nc2cccc(CS(C)(=O)=O)c2)n1. The number of nitrogens with zero attached hydrogens (tertiary/aromatic N) is 4. The van der Waals surface area contributed by atoms with Crippen molar-refractivity contribution in [2.24, 2.45) is 0 Å². The maximum absolute atomic E-state index is 11.9. The van der Waals surface area contributed by atoms with Crippen LogP contribution in [0.4, 0.5) is 33.6 Å². The van der Waals surface area contributed by atoms with Crippen molar-refractivity contribution in [1.82, 2.24) is 9.97 Å². The molecule has 0 radical (unpaired) electrons. The Balaban J connectivity index is 1.49. The van der Waals surface area contributed by atoms with Gasteiger partial charge in [-0.15, -0.1) is 0 Å². The number of anilines is 5. The molecule has 0 atom stereocenters. The number of carboxylic acid groups (broad SMARTS) is 1. The van der Waals surface area contributed by atoms with Crippen molar-refractivity contribution in [2.45, 2.75) is 12.3 Å². The Kier molecular flexibility index (Phi) is 7.69. The van der Waals surface area contributed by atoms with Crippen LogP contribution < -0.4 is 15.1 Å². The first-order valence-electron chi connectivity index (χ1n) is 11.4. The molecule has 0 aliphatic carbocycles. The Hall–Kier alpha value is -4.44. The molecule has 1 aromatic heterocycles. The molecule has 0 saturated heterocycles. The van der Waals surface area contributed by atoms with Crippen molar-refractivity contribution in [3.05, 3.63) is 102 Å². The van der Waals surface area contributed by atoms with Crippen molar-refractivity contribution in [3.63, 3.8) is 0 Å². The first-order valence-corrected chi connectivity index (χ1v) is 13.5. The fourth-order valence-electron chi connectivity index (χ4n) is 3.79. The number of hydrogen-bond acceptors (Lipinski definition) is 7. The summed E-state index contributed by atoms with van der Waals surface area (Å²) in [4.78, 5) is 23.9. The normalized spacial score (nSPS) is 11.1. The molecule has 4 rings (SSSR count). The third-order valence-electron chi connectivity index (χ3n) is 5.56. The van der Waals surface area contributed by atoms with Gasteiger partial charge in [-0.3, -0.25) is 4.90 Å². The summed E-state index contributed by atoms with van der Waals surface area (Å²) in [5.41, 5.74) is 3.62. The number of benzene rings is 3. The van der Waals surface area contributed by atoms with Crippen LogP contribution in [0.2, 0.25) is 0 Å². The molecule has 190 valence electrons. The number of sulfone groups is 1. The van der Waals surface area contributed by atoms with E-state index in [1.165, 1.54) is 11.2 Å². The molecule has 0 unspecified atom stereocenters. The van der Waals surface area contributed by atoms with Gasteiger partial charge in [0.25, 0.3) is 0 Å². The highest BCUT2D eigenvalue weighted by molar-refractivity contribution is 7.89. The van der Waals surface area contributed by atoms with Crippen LogP contribution in [0.15, 0.2) is 91.1 Å². The van der Waals surface area contributed by atoms with E-state index in [0.29, 0.717) is 28.7 Å². The highest BCUT2D eigenvalue weighted by Crippen LogP contribution is 2.27. The monoisotopic (exact) mass is 517 g/mol. The number of amides is 1. The smallest absolute Gasteiger partial charge is 0.412 e. The second-order valence-corrected chi connectivity index (χ2v) is 10.7. The van der Waals surface area contributed by atoms with Crippen LogP contribution in [0, 0.1) is 0 Å². The van der Waals surface area contributed by atoms with Crippen LogP contribution in [0.25, 0.3) is 0 Å². The van der Waals surface area contributed by atoms with Crippen LogP contribution in [0.1, 0.15) is 11.1 Å². The summed E-state index contributed by atoms with van der Waals surface area (Å²) in [6.07, 6.45) is 1.80. The molecule has 9 nitrogen and oxygen atoms in total. The molecule has 1 heterocycles. The van der Waals surface area contributed by atoms with Gasteiger partial charge in [-0.25, -0.2) is 18.2 Å². The maximum atomic E-state index is 11.9. The maximum Gasteiger partial charge on any atom is 0.412 e. The fourth-order valence-corrected chi connectivity index (χ4v) is 4.58. The molecule has 37 heavy (non-hydrogen) atoms. The zero-order valence-electron chi connectivity index (χ0n) is 20.4. The first kappa shape index (κ1) is 25.6. The first-order chi connectivity index (χ1) is 17.7. The number of nitrogens with one attached hydrogen (secondary N) is 1.